The first kappa shape index (κ1) is 22.3. The number of hydrogen-bond donors (Lipinski definition) is 1. The first-order chi connectivity index (χ1) is 15.0. The van der Waals surface area contributed by atoms with Crippen molar-refractivity contribution in [3.63, 3.8) is 0 Å². The molecule has 0 unspecified atom stereocenters. The number of ketones is 1. The summed E-state index contributed by atoms with van der Waals surface area (Å²) in [6.45, 7) is -0.194. The average Bonchev–Trinajstić information content (AvgIpc) is 2.65. The summed E-state index contributed by atoms with van der Waals surface area (Å²) >= 11 is 5.60. The number of halogens is 5. The molecule has 1 aromatic carbocycles. The predicted octanol–water partition coefficient (Wildman–Crippen LogP) is 4.46. The Bertz CT molecular complexity index is 1040. The lowest BCUT2D eigenvalue weighted by Gasteiger charge is -2.70. The number of hydrogen-bond acceptors (Lipinski definition) is 5. The monoisotopic (exact) mass is 472 g/mol. The van der Waals surface area contributed by atoms with E-state index in [2.05, 4.69) is 15.0 Å². The highest BCUT2D eigenvalue weighted by molar-refractivity contribution is 6.30. The van der Waals surface area contributed by atoms with Gasteiger partial charge in [0, 0.05) is 30.3 Å². The van der Waals surface area contributed by atoms with Crippen molar-refractivity contribution in [3.8, 4) is 11.6 Å². The van der Waals surface area contributed by atoms with E-state index in [1.165, 1.54) is 18.2 Å². The zero-order valence-corrected chi connectivity index (χ0v) is 17.2. The zero-order chi connectivity index (χ0) is 23.1. The molecule has 5 rings (SSSR count). The Kier molecular flexibility index (Phi) is 5.52. The van der Waals surface area contributed by atoms with Crippen molar-refractivity contribution in [2.24, 2.45) is 5.41 Å². The van der Waals surface area contributed by atoms with E-state index in [9.17, 15) is 27.2 Å². The van der Waals surface area contributed by atoms with E-state index >= 15 is 0 Å². The van der Waals surface area contributed by atoms with Crippen LogP contribution in [0.2, 0.25) is 5.02 Å². The number of aromatic nitrogens is 1. The Morgan fingerprint density at radius 1 is 1.16 bits per heavy atom. The molecule has 1 N–H and O–H groups in total. The molecule has 1 aromatic heterocycles. The Balaban J connectivity index is 1.22. The molecule has 3 fully saturated rings. The highest BCUT2D eigenvalue weighted by atomic mass is 35.5. The van der Waals surface area contributed by atoms with Gasteiger partial charge in [-0.1, -0.05) is 11.6 Å². The van der Waals surface area contributed by atoms with Crippen LogP contribution in [0, 0.1) is 11.2 Å². The number of nitrogens with one attached hydrogen (secondary N) is 1. The highest BCUT2D eigenvalue weighted by Crippen LogP contribution is 2.69. The SMILES string of the molecule is O=C(COc1ccc(Cl)c(F)c1)CC12CC(NC(=O)c3ccc(OC(F)(F)F)nc3)(C1)C2. The molecule has 0 saturated heterocycles. The molecule has 2 aromatic rings. The minimum absolute atomic E-state index is 0.0359. The number of Topliss-reactive ketones (excluding diaryl/α,β-unsaturated/α-hetero) is 1. The van der Waals surface area contributed by atoms with Crippen molar-refractivity contribution in [2.45, 2.75) is 37.6 Å². The van der Waals surface area contributed by atoms with Crippen LogP contribution in [-0.2, 0) is 4.79 Å². The second kappa shape index (κ2) is 7.91. The van der Waals surface area contributed by atoms with Crippen LogP contribution in [0.1, 0.15) is 36.0 Å². The van der Waals surface area contributed by atoms with Crippen LogP contribution in [-0.4, -0.2) is 35.2 Å². The number of alkyl halides is 3. The van der Waals surface area contributed by atoms with E-state index in [1.807, 2.05) is 0 Å². The molecule has 2 bridgehead atoms. The average molecular weight is 473 g/mol. The molecule has 0 atom stereocenters. The van der Waals surface area contributed by atoms with Gasteiger partial charge < -0.3 is 14.8 Å². The van der Waals surface area contributed by atoms with Gasteiger partial charge in [-0.2, -0.15) is 0 Å². The largest absolute Gasteiger partial charge is 0.574 e. The van der Waals surface area contributed by atoms with Gasteiger partial charge >= 0.3 is 6.36 Å². The maximum atomic E-state index is 13.4. The van der Waals surface area contributed by atoms with Gasteiger partial charge in [0.25, 0.3) is 5.91 Å². The summed E-state index contributed by atoms with van der Waals surface area (Å²) < 4.78 is 58.9. The Morgan fingerprint density at radius 3 is 2.47 bits per heavy atom. The molecular formula is C21H17ClF4N2O4. The standard InChI is InChI=1S/C21H17ClF4N2O4/c22-15-3-2-14(5-16(15)23)31-8-13(29)6-19-9-20(10-19,11-19)28-18(30)12-1-4-17(27-7-12)32-21(24,25)26/h1-5,7H,6,8-11H2,(H,28,30). The number of rotatable bonds is 8. The van der Waals surface area contributed by atoms with Crippen LogP contribution in [0.3, 0.4) is 0 Å². The van der Waals surface area contributed by atoms with Crippen molar-refractivity contribution in [1.82, 2.24) is 10.3 Å². The molecule has 3 saturated carbocycles. The third-order valence-electron chi connectivity index (χ3n) is 5.60. The van der Waals surface area contributed by atoms with Crippen LogP contribution in [0.25, 0.3) is 0 Å². The first-order valence-electron chi connectivity index (χ1n) is 9.61. The van der Waals surface area contributed by atoms with Crippen molar-refractivity contribution in [2.75, 3.05) is 6.61 Å². The minimum Gasteiger partial charge on any atom is -0.486 e. The molecule has 3 aliphatic rings. The van der Waals surface area contributed by atoms with E-state index in [0.29, 0.717) is 19.3 Å². The summed E-state index contributed by atoms with van der Waals surface area (Å²) in [5, 5.41) is 2.84. The van der Waals surface area contributed by atoms with Gasteiger partial charge in [-0.3, -0.25) is 9.59 Å². The van der Waals surface area contributed by atoms with Gasteiger partial charge in [0.1, 0.15) is 18.2 Å². The molecule has 1 amide bonds. The zero-order valence-electron chi connectivity index (χ0n) is 16.5. The molecular weight excluding hydrogens is 456 g/mol. The van der Waals surface area contributed by atoms with E-state index in [-0.39, 0.29) is 40.6 Å². The van der Waals surface area contributed by atoms with Gasteiger partial charge in [-0.25, -0.2) is 9.37 Å². The van der Waals surface area contributed by atoms with Gasteiger partial charge in [-0.05, 0) is 42.9 Å². The Morgan fingerprint density at radius 2 is 1.88 bits per heavy atom. The molecule has 0 aliphatic heterocycles. The Hall–Kier alpha value is -2.88. The summed E-state index contributed by atoms with van der Waals surface area (Å²) in [6.07, 6.45) is -1.70. The van der Waals surface area contributed by atoms with Crippen molar-refractivity contribution < 1.29 is 36.6 Å². The van der Waals surface area contributed by atoms with Gasteiger partial charge in [0.15, 0.2) is 5.78 Å². The quantitative estimate of drug-likeness (QED) is 0.574. The maximum absolute atomic E-state index is 13.4. The molecule has 11 heteroatoms. The van der Waals surface area contributed by atoms with Crippen LogP contribution in [0.15, 0.2) is 36.5 Å². The molecule has 170 valence electrons. The van der Waals surface area contributed by atoms with Gasteiger partial charge in [0.2, 0.25) is 5.88 Å². The normalized spacial score (nSPS) is 23.5. The lowest BCUT2D eigenvalue weighted by atomic mass is 9.38. The van der Waals surface area contributed by atoms with Crippen molar-refractivity contribution in [3.05, 3.63) is 52.9 Å². The van der Waals surface area contributed by atoms with Crippen molar-refractivity contribution in [1.29, 1.82) is 0 Å². The van der Waals surface area contributed by atoms with Crippen LogP contribution in [0.5, 0.6) is 11.6 Å². The number of pyridine rings is 1. The number of benzene rings is 1. The molecule has 32 heavy (non-hydrogen) atoms. The minimum atomic E-state index is -4.86. The molecule has 6 nitrogen and oxygen atoms in total. The number of carbonyl (C=O) groups is 2. The fraction of sp³-hybridized carbons (Fsp3) is 0.381. The number of carbonyl (C=O) groups excluding carboxylic acids is 2. The smallest absolute Gasteiger partial charge is 0.486 e. The molecule has 1 heterocycles. The summed E-state index contributed by atoms with van der Waals surface area (Å²) in [5.41, 5.74) is -0.502. The molecule has 3 aliphatic carbocycles. The van der Waals surface area contributed by atoms with Gasteiger partial charge in [0.05, 0.1) is 10.6 Å². The van der Waals surface area contributed by atoms with E-state index in [0.717, 1.165) is 18.3 Å². The third kappa shape index (κ3) is 4.79. The van der Waals surface area contributed by atoms with E-state index < -0.39 is 29.5 Å². The van der Waals surface area contributed by atoms with E-state index in [4.69, 9.17) is 16.3 Å². The predicted molar refractivity (Wildman–Crippen MR) is 104 cm³/mol. The highest BCUT2D eigenvalue weighted by Gasteiger charge is 2.68. The van der Waals surface area contributed by atoms with Crippen LogP contribution in [0.4, 0.5) is 17.6 Å². The number of amides is 1. The van der Waals surface area contributed by atoms with E-state index in [1.54, 1.807) is 0 Å². The summed E-state index contributed by atoms with van der Waals surface area (Å²) in [7, 11) is 0. The van der Waals surface area contributed by atoms with Crippen LogP contribution < -0.4 is 14.8 Å². The first-order valence-corrected chi connectivity index (χ1v) is 9.98. The second-order valence-electron chi connectivity index (χ2n) is 8.28. The second-order valence-corrected chi connectivity index (χ2v) is 8.68. The lowest BCUT2D eigenvalue weighted by molar-refractivity contribution is -0.276. The number of nitrogens with zero attached hydrogens (tertiary/aromatic N) is 1. The summed E-state index contributed by atoms with van der Waals surface area (Å²) in [6, 6.07) is 6.09. The topological polar surface area (TPSA) is 77.5 Å². The maximum Gasteiger partial charge on any atom is 0.574 e. The number of ether oxygens (including phenoxy) is 2. The van der Waals surface area contributed by atoms with Crippen molar-refractivity contribution >= 4 is 23.3 Å². The third-order valence-corrected chi connectivity index (χ3v) is 5.91. The lowest BCUT2D eigenvalue weighted by Crippen LogP contribution is -2.75. The van der Waals surface area contributed by atoms with Gasteiger partial charge in [-0.15, -0.1) is 13.2 Å². The fourth-order valence-electron chi connectivity index (χ4n) is 4.52. The Labute approximate surface area is 184 Å². The summed E-state index contributed by atoms with van der Waals surface area (Å²) in [5.74, 6) is -1.66. The summed E-state index contributed by atoms with van der Waals surface area (Å²) in [4.78, 5) is 28.1. The molecule has 0 spiro atoms. The molecule has 0 radical (unpaired) electrons. The van der Waals surface area contributed by atoms with Crippen LogP contribution >= 0.6 is 11.6 Å². The fourth-order valence-corrected chi connectivity index (χ4v) is 4.64.